The second-order valence-electron chi connectivity index (χ2n) is 7.93. The van der Waals surface area contributed by atoms with Gasteiger partial charge in [0.15, 0.2) is 10.3 Å². The Morgan fingerprint density at radius 3 is 2.59 bits per heavy atom. The SMILES string of the molecule is CCC(c1nc2scnc2c(=O)n1Cc1ccccc1)N(CCNC)Cc1cnc(OC)nc1. The zero-order valence-electron chi connectivity index (χ0n) is 19.6. The Morgan fingerprint density at radius 2 is 1.91 bits per heavy atom. The molecule has 0 saturated heterocycles. The highest BCUT2D eigenvalue weighted by Crippen LogP contribution is 2.26. The molecular formula is C24H29N7O2S. The second kappa shape index (κ2) is 11.3. The lowest BCUT2D eigenvalue weighted by molar-refractivity contribution is 0.172. The summed E-state index contributed by atoms with van der Waals surface area (Å²) < 4.78 is 6.88. The molecule has 10 heteroatoms. The first-order valence-corrected chi connectivity index (χ1v) is 12.1. The number of rotatable bonds is 11. The highest BCUT2D eigenvalue weighted by molar-refractivity contribution is 7.16. The van der Waals surface area contributed by atoms with Crippen molar-refractivity contribution in [3.63, 3.8) is 0 Å². The Bertz CT molecular complexity index is 1260. The molecule has 0 bridgehead atoms. The Kier molecular flexibility index (Phi) is 7.94. The maximum atomic E-state index is 13.5. The van der Waals surface area contributed by atoms with Crippen LogP contribution in [0.2, 0.25) is 0 Å². The standard InChI is InChI=1S/C24H29N7O2S/c1-4-19(30(11-10-25-2)14-18-12-26-24(33-3)27-13-18)21-29-22-20(28-16-34-22)23(32)31(21)15-17-8-6-5-7-9-17/h5-9,12-13,16,19,25H,4,10-11,14-15H2,1-3H3. The molecule has 178 valence electrons. The zero-order chi connectivity index (χ0) is 23.9. The number of benzene rings is 1. The van der Waals surface area contributed by atoms with Gasteiger partial charge in [0, 0.05) is 37.6 Å². The number of ether oxygens (including phenoxy) is 1. The van der Waals surface area contributed by atoms with Gasteiger partial charge in [-0.05, 0) is 19.0 Å². The summed E-state index contributed by atoms with van der Waals surface area (Å²) in [7, 11) is 3.48. The van der Waals surface area contributed by atoms with Crippen LogP contribution in [-0.2, 0) is 13.1 Å². The molecule has 0 radical (unpaired) electrons. The van der Waals surface area contributed by atoms with E-state index in [1.54, 1.807) is 29.6 Å². The average Bonchev–Trinajstić information content (AvgIpc) is 3.35. The van der Waals surface area contributed by atoms with Crippen molar-refractivity contribution < 1.29 is 4.74 Å². The third-order valence-electron chi connectivity index (χ3n) is 5.70. The molecule has 9 nitrogen and oxygen atoms in total. The number of methoxy groups -OCH3 is 1. The molecule has 0 aliphatic heterocycles. The van der Waals surface area contributed by atoms with Gasteiger partial charge in [-0.1, -0.05) is 37.3 Å². The largest absolute Gasteiger partial charge is 0.467 e. The van der Waals surface area contributed by atoms with Crippen LogP contribution in [0, 0.1) is 0 Å². The molecule has 0 spiro atoms. The predicted molar refractivity (Wildman–Crippen MR) is 133 cm³/mol. The number of nitrogens with zero attached hydrogens (tertiary/aromatic N) is 6. The minimum atomic E-state index is -0.107. The number of hydrogen-bond acceptors (Lipinski definition) is 9. The van der Waals surface area contributed by atoms with Gasteiger partial charge in [0.05, 0.1) is 25.2 Å². The van der Waals surface area contributed by atoms with Gasteiger partial charge in [0.2, 0.25) is 0 Å². The van der Waals surface area contributed by atoms with Crippen LogP contribution in [0.25, 0.3) is 10.3 Å². The van der Waals surface area contributed by atoms with E-state index in [1.165, 1.54) is 11.3 Å². The van der Waals surface area contributed by atoms with E-state index in [0.29, 0.717) is 29.4 Å². The summed E-state index contributed by atoms with van der Waals surface area (Å²) in [6.45, 7) is 4.74. The first-order chi connectivity index (χ1) is 16.6. The third kappa shape index (κ3) is 5.30. The number of nitrogens with one attached hydrogen (secondary N) is 1. The summed E-state index contributed by atoms with van der Waals surface area (Å²) in [6.07, 6.45) is 4.34. The summed E-state index contributed by atoms with van der Waals surface area (Å²) in [5.74, 6) is 0.749. The van der Waals surface area contributed by atoms with Crippen molar-refractivity contribution in [2.75, 3.05) is 27.2 Å². The summed E-state index contributed by atoms with van der Waals surface area (Å²) in [5.41, 5.74) is 4.01. The van der Waals surface area contributed by atoms with Crippen LogP contribution in [0.3, 0.4) is 0 Å². The number of thiazole rings is 1. The van der Waals surface area contributed by atoms with Crippen molar-refractivity contribution in [1.29, 1.82) is 0 Å². The molecule has 1 aromatic carbocycles. The van der Waals surface area contributed by atoms with E-state index in [0.717, 1.165) is 36.5 Å². The van der Waals surface area contributed by atoms with Crippen molar-refractivity contribution in [2.45, 2.75) is 32.5 Å². The van der Waals surface area contributed by atoms with Gasteiger partial charge < -0.3 is 10.1 Å². The monoisotopic (exact) mass is 479 g/mol. The molecular weight excluding hydrogens is 450 g/mol. The smallest absolute Gasteiger partial charge is 0.316 e. The second-order valence-corrected chi connectivity index (χ2v) is 8.76. The van der Waals surface area contributed by atoms with Crippen molar-refractivity contribution in [3.05, 3.63) is 75.5 Å². The highest BCUT2D eigenvalue weighted by atomic mass is 32.1. The van der Waals surface area contributed by atoms with Crippen LogP contribution in [-0.4, -0.2) is 56.6 Å². The van der Waals surface area contributed by atoms with Crippen LogP contribution < -0.4 is 15.6 Å². The maximum absolute atomic E-state index is 13.5. The van der Waals surface area contributed by atoms with E-state index in [4.69, 9.17) is 9.72 Å². The predicted octanol–water partition coefficient (Wildman–Crippen LogP) is 2.87. The highest BCUT2D eigenvalue weighted by Gasteiger charge is 2.26. The lowest BCUT2D eigenvalue weighted by Crippen LogP contribution is -2.38. The Hall–Kier alpha value is -3.21. The van der Waals surface area contributed by atoms with Gasteiger partial charge >= 0.3 is 6.01 Å². The van der Waals surface area contributed by atoms with Crippen LogP contribution in [0.5, 0.6) is 6.01 Å². The molecule has 4 aromatic rings. The molecule has 0 fully saturated rings. The van der Waals surface area contributed by atoms with E-state index < -0.39 is 0 Å². The van der Waals surface area contributed by atoms with Gasteiger partial charge in [0.25, 0.3) is 5.56 Å². The first-order valence-electron chi connectivity index (χ1n) is 11.3. The molecule has 3 aromatic heterocycles. The Morgan fingerprint density at radius 1 is 1.15 bits per heavy atom. The van der Waals surface area contributed by atoms with Crippen molar-refractivity contribution in [3.8, 4) is 6.01 Å². The number of fused-ring (bicyclic) bond motifs is 1. The molecule has 0 saturated carbocycles. The molecule has 0 amide bonds. The fraction of sp³-hybridized carbons (Fsp3) is 0.375. The summed E-state index contributed by atoms with van der Waals surface area (Å²) in [5, 5.41) is 3.23. The number of aromatic nitrogens is 5. The average molecular weight is 480 g/mol. The van der Waals surface area contributed by atoms with Crippen molar-refractivity contribution >= 4 is 21.7 Å². The Labute approximate surface area is 202 Å². The number of hydrogen-bond donors (Lipinski definition) is 1. The van der Waals surface area contributed by atoms with Crippen LogP contribution in [0.1, 0.15) is 36.3 Å². The van der Waals surface area contributed by atoms with E-state index in [9.17, 15) is 4.79 Å². The molecule has 4 rings (SSSR count). The molecule has 0 aliphatic rings. The molecule has 1 N–H and O–H groups in total. The van der Waals surface area contributed by atoms with Gasteiger partial charge in [-0.15, -0.1) is 11.3 Å². The quantitative estimate of drug-likeness (QED) is 0.351. The Balaban J connectivity index is 1.76. The summed E-state index contributed by atoms with van der Waals surface area (Å²) in [4.78, 5) is 34.3. The lowest BCUT2D eigenvalue weighted by Gasteiger charge is -2.32. The summed E-state index contributed by atoms with van der Waals surface area (Å²) in [6, 6.07) is 10.2. The topological polar surface area (TPSA) is 98.1 Å². The van der Waals surface area contributed by atoms with E-state index in [1.807, 2.05) is 37.4 Å². The fourth-order valence-electron chi connectivity index (χ4n) is 4.00. The normalized spacial score (nSPS) is 12.4. The molecule has 1 atom stereocenters. The maximum Gasteiger partial charge on any atom is 0.316 e. The molecule has 34 heavy (non-hydrogen) atoms. The van der Waals surface area contributed by atoms with Crippen molar-refractivity contribution in [1.82, 2.24) is 34.7 Å². The van der Waals surface area contributed by atoms with E-state index in [-0.39, 0.29) is 11.6 Å². The minimum absolute atomic E-state index is 0.0848. The molecule has 0 aliphatic carbocycles. The van der Waals surface area contributed by atoms with E-state index >= 15 is 0 Å². The lowest BCUT2D eigenvalue weighted by atomic mass is 10.1. The fourth-order valence-corrected chi connectivity index (χ4v) is 4.66. The minimum Gasteiger partial charge on any atom is -0.467 e. The van der Waals surface area contributed by atoms with Gasteiger partial charge in [0.1, 0.15) is 5.82 Å². The van der Waals surface area contributed by atoms with Crippen LogP contribution in [0.4, 0.5) is 0 Å². The van der Waals surface area contributed by atoms with Gasteiger partial charge in [-0.2, -0.15) is 0 Å². The first kappa shape index (κ1) is 23.9. The zero-order valence-corrected chi connectivity index (χ0v) is 20.5. The van der Waals surface area contributed by atoms with Gasteiger partial charge in [-0.3, -0.25) is 14.3 Å². The molecule has 1 unspecified atom stereocenters. The molecule has 3 heterocycles. The summed E-state index contributed by atoms with van der Waals surface area (Å²) >= 11 is 1.40. The third-order valence-corrected chi connectivity index (χ3v) is 6.42. The van der Waals surface area contributed by atoms with Crippen molar-refractivity contribution in [2.24, 2.45) is 0 Å². The van der Waals surface area contributed by atoms with Gasteiger partial charge in [-0.25, -0.2) is 19.9 Å². The van der Waals surface area contributed by atoms with Crippen LogP contribution in [0.15, 0.2) is 53.0 Å². The number of likely N-dealkylation sites (N-methyl/N-ethyl adjacent to an activating group) is 1. The van der Waals surface area contributed by atoms with E-state index in [2.05, 4.69) is 32.1 Å². The van der Waals surface area contributed by atoms with Crippen LogP contribution >= 0.6 is 11.3 Å².